The Morgan fingerprint density at radius 3 is 2.21 bits per heavy atom. The molecule has 0 radical (unpaired) electrons. The van der Waals surface area contributed by atoms with Gasteiger partial charge >= 0.3 is 0 Å². The SMILES string of the molecule is Cc1ccc(C(C#N)C(=O)CC(C)C(C)(C)C)cc1. The van der Waals surface area contributed by atoms with Gasteiger partial charge in [-0.2, -0.15) is 5.26 Å². The number of rotatable bonds is 4. The summed E-state index contributed by atoms with van der Waals surface area (Å²) in [5.41, 5.74) is 2.03. The summed E-state index contributed by atoms with van der Waals surface area (Å²) in [6.07, 6.45) is 0.454. The van der Waals surface area contributed by atoms with Gasteiger partial charge < -0.3 is 0 Å². The Hall–Kier alpha value is -1.62. The molecule has 0 fully saturated rings. The molecular formula is C17H23NO. The summed E-state index contributed by atoms with van der Waals surface area (Å²) in [6.45, 7) is 10.4. The maximum Gasteiger partial charge on any atom is 0.154 e. The third-order valence-corrected chi connectivity index (χ3v) is 3.85. The van der Waals surface area contributed by atoms with Crippen molar-refractivity contribution in [3.8, 4) is 6.07 Å². The molecule has 0 aromatic heterocycles. The van der Waals surface area contributed by atoms with Gasteiger partial charge in [0.1, 0.15) is 5.92 Å². The lowest BCUT2D eigenvalue weighted by Crippen LogP contribution is -2.23. The van der Waals surface area contributed by atoms with Crippen molar-refractivity contribution in [2.24, 2.45) is 11.3 Å². The minimum absolute atomic E-state index is 0.0220. The first-order valence-electron chi connectivity index (χ1n) is 6.74. The van der Waals surface area contributed by atoms with Crippen LogP contribution < -0.4 is 0 Å². The van der Waals surface area contributed by atoms with Crippen molar-refractivity contribution in [1.82, 2.24) is 0 Å². The molecule has 0 bridgehead atoms. The smallest absolute Gasteiger partial charge is 0.154 e. The van der Waals surface area contributed by atoms with Gasteiger partial charge in [-0.15, -0.1) is 0 Å². The number of ketones is 1. The number of carbonyl (C=O) groups is 1. The van der Waals surface area contributed by atoms with Gasteiger partial charge in [0, 0.05) is 6.42 Å². The Labute approximate surface area is 116 Å². The fourth-order valence-corrected chi connectivity index (χ4v) is 1.82. The number of hydrogen-bond acceptors (Lipinski definition) is 2. The van der Waals surface area contributed by atoms with Gasteiger partial charge in [0.25, 0.3) is 0 Å². The van der Waals surface area contributed by atoms with Gasteiger partial charge in [-0.3, -0.25) is 4.79 Å². The normalized spacial score (nSPS) is 14.5. The van der Waals surface area contributed by atoms with Crippen LogP contribution >= 0.6 is 0 Å². The van der Waals surface area contributed by atoms with E-state index < -0.39 is 5.92 Å². The second-order valence-corrected chi connectivity index (χ2v) is 6.41. The van der Waals surface area contributed by atoms with Crippen LogP contribution in [-0.4, -0.2) is 5.78 Å². The lowest BCUT2D eigenvalue weighted by molar-refractivity contribution is -0.120. The van der Waals surface area contributed by atoms with E-state index in [0.717, 1.165) is 11.1 Å². The highest BCUT2D eigenvalue weighted by Crippen LogP contribution is 2.30. The van der Waals surface area contributed by atoms with E-state index in [0.29, 0.717) is 6.42 Å². The highest BCUT2D eigenvalue weighted by molar-refractivity contribution is 5.88. The molecule has 0 aliphatic rings. The first kappa shape index (κ1) is 15.4. The summed E-state index contributed by atoms with van der Waals surface area (Å²) in [7, 11) is 0. The van der Waals surface area contributed by atoms with Crippen molar-refractivity contribution in [2.75, 3.05) is 0 Å². The maximum atomic E-state index is 12.3. The quantitative estimate of drug-likeness (QED) is 0.809. The van der Waals surface area contributed by atoms with Crippen LogP contribution in [0.1, 0.15) is 51.2 Å². The van der Waals surface area contributed by atoms with Crippen LogP contribution in [0.2, 0.25) is 0 Å². The van der Waals surface area contributed by atoms with E-state index in [9.17, 15) is 10.1 Å². The molecule has 2 heteroatoms. The summed E-state index contributed by atoms with van der Waals surface area (Å²) in [5, 5.41) is 9.26. The van der Waals surface area contributed by atoms with Crippen molar-refractivity contribution < 1.29 is 4.79 Å². The Bertz CT molecular complexity index is 473. The molecule has 0 N–H and O–H groups in total. The molecule has 0 aliphatic heterocycles. The summed E-state index contributed by atoms with van der Waals surface area (Å²) in [4.78, 5) is 12.3. The lowest BCUT2D eigenvalue weighted by atomic mass is 9.77. The van der Waals surface area contributed by atoms with Gasteiger partial charge in [-0.1, -0.05) is 57.5 Å². The second kappa shape index (κ2) is 6.02. The fraction of sp³-hybridized carbons (Fsp3) is 0.529. The summed E-state index contributed by atoms with van der Waals surface area (Å²) in [5.74, 6) is -0.347. The van der Waals surface area contributed by atoms with Crippen LogP contribution in [-0.2, 0) is 4.79 Å². The summed E-state index contributed by atoms with van der Waals surface area (Å²) < 4.78 is 0. The van der Waals surface area contributed by atoms with Gasteiger partial charge in [-0.25, -0.2) is 0 Å². The highest BCUT2D eigenvalue weighted by atomic mass is 16.1. The molecule has 1 aromatic rings. The number of benzene rings is 1. The molecule has 2 unspecified atom stereocenters. The average molecular weight is 257 g/mol. The van der Waals surface area contributed by atoms with E-state index >= 15 is 0 Å². The third kappa shape index (κ3) is 4.21. The zero-order valence-corrected chi connectivity index (χ0v) is 12.5. The first-order valence-corrected chi connectivity index (χ1v) is 6.74. The Kier molecular flexibility index (Phi) is 4.89. The molecule has 0 heterocycles. The first-order chi connectivity index (χ1) is 8.75. The van der Waals surface area contributed by atoms with Crippen molar-refractivity contribution >= 4 is 5.78 Å². The average Bonchev–Trinajstić information content (AvgIpc) is 2.31. The molecule has 1 rings (SSSR count). The van der Waals surface area contributed by atoms with E-state index in [1.54, 1.807) is 0 Å². The minimum Gasteiger partial charge on any atom is -0.298 e. The second-order valence-electron chi connectivity index (χ2n) is 6.41. The summed E-state index contributed by atoms with van der Waals surface area (Å²) in [6, 6.07) is 9.79. The number of nitrogens with zero attached hydrogens (tertiary/aromatic N) is 1. The monoisotopic (exact) mass is 257 g/mol. The molecule has 2 nitrogen and oxygen atoms in total. The van der Waals surface area contributed by atoms with Crippen LogP contribution in [0.25, 0.3) is 0 Å². The number of carbonyl (C=O) groups excluding carboxylic acids is 1. The van der Waals surface area contributed by atoms with E-state index in [1.165, 1.54) is 0 Å². The van der Waals surface area contributed by atoms with E-state index in [2.05, 4.69) is 33.8 Å². The van der Waals surface area contributed by atoms with Gasteiger partial charge in [0.15, 0.2) is 5.78 Å². The van der Waals surface area contributed by atoms with Gasteiger partial charge in [0.05, 0.1) is 6.07 Å². The number of hydrogen-bond donors (Lipinski definition) is 0. The molecule has 2 atom stereocenters. The highest BCUT2D eigenvalue weighted by Gasteiger charge is 2.27. The molecule has 1 aromatic carbocycles. The minimum atomic E-state index is -0.634. The molecule has 19 heavy (non-hydrogen) atoms. The van der Waals surface area contributed by atoms with E-state index in [-0.39, 0.29) is 17.1 Å². The maximum absolute atomic E-state index is 12.3. The van der Waals surface area contributed by atoms with Gasteiger partial charge in [-0.05, 0) is 23.8 Å². The van der Waals surface area contributed by atoms with Crippen LogP contribution in [0.4, 0.5) is 0 Å². The predicted octanol–water partition coefficient (Wildman–Crippen LogP) is 4.24. The Morgan fingerprint density at radius 2 is 1.79 bits per heavy atom. The molecule has 0 saturated carbocycles. The standard InChI is InChI=1S/C17H23NO/c1-12-6-8-14(9-7-12)15(11-18)16(19)10-13(2)17(3,4)5/h6-9,13,15H,10H2,1-5H3. The lowest BCUT2D eigenvalue weighted by Gasteiger charge is -2.27. The van der Waals surface area contributed by atoms with Crippen molar-refractivity contribution in [3.05, 3.63) is 35.4 Å². The molecule has 0 amide bonds. The molecule has 102 valence electrons. The Morgan fingerprint density at radius 1 is 1.26 bits per heavy atom. The van der Waals surface area contributed by atoms with Gasteiger partial charge in [0.2, 0.25) is 0 Å². The topological polar surface area (TPSA) is 40.9 Å². The van der Waals surface area contributed by atoms with Crippen LogP contribution in [0, 0.1) is 29.6 Å². The molecule has 0 aliphatic carbocycles. The fourth-order valence-electron chi connectivity index (χ4n) is 1.82. The number of nitriles is 1. The number of Topliss-reactive ketones (excluding diaryl/α,β-unsaturated/α-hetero) is 1. The molecular weight excluding hydrogens is 234 g/mol. The zero-order valence-electron chi connectivity index (χ0n) is 12.5. The largest absolute Gasteiger partial charge is 0.298 e. The van der Waals surface area contributed by atoms with Crippen molar-refractivity contribution in [3.63, 3.8) is 0 Å². The van der Waals surface area contributed by atoms with Crippen molar-refractivity contribution in [2.45, 2.75) is 47.0 Å². The molecule has 0 spiro atoms. The number of aryl methyl sites for hydroxylation is 1. The van der Waals surface area contributed by atoms with E-state index in [4.69, 9.17) is 0 Å². The van der Waals surface area contributed by atoms with E-state index in [1.807, 2.05) is 31.2 Å². The van der Waals surface area contributed by atoms with Crippen LogP contribution in [0.5, 0.6) is 0 Å². The molecule has 0 saturated heterocycles. The Balaban J connectivity index is 2.84. The predicted molar refractivity (Wildman–Crippen MR) is 77.8 cm³/mol. The van der Waals surface area contributed by atoms with Crippen LogP contribution in [0.3, 0.4) is 0 Å². The van der Waals surface area contributed by atoms with Crippen molar-refractivity contribution in [1.29, 1.82) is 5.26 Å². The summed E-state index contributed by atoms with van der Waals surface area (Å²) >= 11 is 0. The van der Waals surface area contributed by atoms with Crippen LogP contribution in [0.15, 0.2) is 24.3 Å². The zero-order chi connectivity index (χ0) is 14.6. The third-order valence-electron chi connectivity index (χ3n) is 3.85.